The zero-order valence-electron chi connectivity index (χ0n) is 11.0. The first-order valence-electron chi connectivity index (χ1n) is 5.91. The molecule has 0 saturated carbocycles. The van der Waals surface area contributed by atoms with Crippen LogP contribution >= 0.6 is 0 Å². The maximum absolute atomic E-state index is 12.0. The van der Waals surface area contributed by atoms with Gasteiger partial charge in [0.25, 0.3) is 0 Å². The van der Waals surface area contributed by atoms with Gasteiger partial charge in [0.15, 0.2) is 0 Å². The summed E-state index contributed by atoms with van der Waals surface area (Å²) in [6.07, 6.45) is -2.08. The number of rotatable bonds is 5. The number of anilines is 1. The molecule has 21 heavy (non-hydrogen) atoms. The van der Waals surface area contributed by atoms with E-state index in [0.717, 1.165) is 11.8 Å². The molecule has 0 radical (unpaired) electrons. The Labute approximate surface area is 118 Å². The fraction of sp³-hybridized carbons (Fsp3) is 0.231. The summed E-state index contributed by atoms with van der Waals surface area (Å²) in [5, 5.41) is 2.96. The van der Waals surface area contributed by atoms with Crippen molar-refractivity contribution >= 4 is 5.82 Å². The van der Waals surface area contributed by atoms with Crippen LogP contribution < -0.4 is 14.8 Å². The summed E-state index contributed by atoms with van der Waals surface area (Å²) in [6, 6.07) is 6.12. The summed E-state index contributed by atoms with van der Waals surface area (Å²) in [5.74, 6) is 0.574. The number of nitrogens with zero attached hydrogens (tertiary/aromatic N) is 2. The molecule has 0 aliphatic heterocycles. The summed E-state index contributed by atoms with van der Waals surface area (Å²) in [4.78, 5) is 7.87. The van der Waals surface area contributed by atoms with E-state index >= 15 is 0 Å². The summed E-state index contributed by atoms with van der Waals surface area (Å²) in [6.45, 7) is 0.434. The van der Waals surface area contributed by atoms with Crippen LogP contribution in [0.3, 0.4) is 0 Å². The van der Waals surface area contributed by atoms with Crippen molar-refractivity contribution < 1.29 is 22.6 Å². The predicted octanol–water partition coefficient (Wildman–Crippen LogP) is 3.00. The Morgan fingerprint density at radius 1 is 1.10 bits per heavy atom. The molecule has 0 amide bonds. The van der Waals surface area contributed by atoms with Gasteiger partial charge in [-0.25, -0.2) is 9.97 Å². The average Bonchev–Trinajstić information content (AvgIpc) is 2.45. The van der Waals surface area contributed by atoms with Gasteiger partial charge < -0.3 is 14.8 Å². The monoisotopic (exact) mass is 299 g/mol. The van der Waals surface area contributed by atoms with Crippen LogP contribution in [0.25, 0.3) is 0 Å². The molecular formula is C13H12F3N3O2. The van der Waals surface area contributed by atoms with E-state index in [2.05, 4.69) is 20.0 Å². The van der Waals surface area contributed by atoms with Crippen LogP contribution in [0.15, 0.2) is 36.7 Å². The summed E-state index contributed by atoms with van der Waals surface area (Å²) in [7, 11) is 1.52. The SMILES string of the molecule is COc1ccc(CNc2ccc(OC(F)(F)F)cn2)cn1. The molecule has 0 aliphatic rings. The number of alkyl halides is 3. The quantitative estimate of drug-likeness (QED) is 0.919. The Balaban J connectivity index is 1.91. The third kappa shape index (κ3) is 4.83. The Kier molecular flexibility index (Phi) is 4.46. The first kappa shape index (κ1) is 14.9. The second kappa shape index (κ2) is 6.29. The zero-order valence-corrected chi connectivity index (χ0v) is 11.0. The molecule has 0 atom stereocenters. The fourth-order valence-electron chi connectivity index (χ4n) is 1.51. The van der Waals surface area contributed by atoms with Crippen molar-refractivity contribution in [3.8, 4) is 11.6 Å². The molecule has 0 unspecified atom stereocenters. The van der Waals surface area contributed by atoms with Crippen molar-refractivity contribution in [2.45, 2.75) is 12.9 Å². The molecule has 2 aromatic rings. The molecule has 0 fully saturated rings. The Bertz CT molecular complexity index is 571. The van der Waals surface area contributed by atoms with E-state index in [1.165, 1.54) is 19.2 Å². The number of aromatic nitrogens is 2. The van der Waals surface area contributed by atoms with Crippen LogP contribution in [-0.2, 0) is 6.54 Å². The molecular weight excluding hydrogens is 287 g/mol. The maximum Gasteiger partial charge on any atom is 0.573 e. The lowest BCUT2D eigenvalue weighted by molar-refractivity contribution is -0.274. The van der Waals surface area contributed by atoms with Gasteiger partial charge >= 0.3 is 6.36 Å². The number of halogens is 3. The van der Waals surface area contributed by atoms with Crippen LogP contribution in [0.5, 0.6) is 11.6 Å². The van der Waals surface area contributed by atoms with E-state index < -0.39 is 6.36 Å². The Morgan fingerprint density at radius 3 is 2.43 bits per heavy atom. The highest BCUT2D eigenvalue weighted by molar-refractivity contribution is 5.38. The second-order valence-corrected chi connectivity index (χ2v) is 3.99. The van der Waals surface area contributed by atoms with E-state index in [4.69, 9.17) is 4.74 Å². The van der Waals surface area contributed by atoms with Crippen molar-refractivity contribution in [1.82, 2.24) is 9.97 Å². The molecule has 8 heteroatoms. The third-order valence-electron chi connectivity index (χ3n) is 2.45. The van der Waals surface area contributed by atoms with E-state index in [1.807, 2.05) is 6.07 Å². The average molecular weight is 299 g/mol. The van der Waals surface area contributed by atoms with Gasteiger partial charge in [-0.05, 0) is 17.7 Å². The minimum absolute atomic E-state index is 0.362. The van der Waals surface area contributed by atoms with Crippen molar-refractivity contribution in [2.75, 3.05) is 12.4 Å². The van der Waals surface area contributed by atoms with Crippen LogP contribution in [-0.4, -0.2) is 23.4 Å². The highest BCUT2D eigenvalue weighted by Gasteiger charge is 2.31. The normalized spacial score (nSPS) is 11.0. The molecule has 5 nitrogen and oxygen atoms in total. The van der Waals surface area contributed by atoms with Gasteiger partial charge in [0, 0.05) is 18.8 Å². The smallest absolute Gasteiger partial charge is 0.481 e. The second-order valence-electron chi connectivity index (χ2n) is 3.99. The molecule has 0 aromatic carbocycles. The Morgan fingerprint density at radius 2 is 1.90 bits per heavy atom. The van der Waals surface area contributed by atoms with E-state index in [9.17, 15) is 13.2 Å². The lowest BCUT2D eigenvalue weighted by atomic mass is 10.3. The van der Waals surface area contributed by atoms with Crippen molar-refractivity contribution in [1.29, 1.82) is 0 Å². The van der Waals surface area contributed by atoms with E-state index in [1.54, 1.807) is 12.3 Å². The number of ether oxygens (including phenoxy) is 2. The lowest BCUT2D eigenvalue weighted by Gasteiger charge is -2.09. The van der Waals surface area contributed by atoms with Gasteiger partial charge in [-0.2, -0.15) is 0 Å². The summed E-state index contributed by atoms with van der Waals surface area (Å²) in [5.41, 5.74) is 0.883. The maximum atomic E-state index is 12.0. The topological polar surface area (TPSA) is 56.3 Å². The first-order valence-corrected chi connectivity index (χ1v) is 5.91. The number of hydrogen-bond acceptors (Lipinski definition) is 5. The van der Waals surface area contributed by atoms with E-state index in [0.29, 0.717) is 18.2 Å². The molecule has 0 aliphatic carbocycles. The van der Waals surface area contributed by atoms with Gasteiger partial charge in [-0.3, -0.25) is 0 Å². The van der Waals surface area contributed by atoms with Crippen LogP contribution in [0.2, 0.25) is 0 Å². The largest absolute Gasteiger partial charge is 0.573 e. The van der Waals surface area contributed by atoms with Gasteiger partial charge in [0.05, 0.1) is 13.3 Å². The predicted molar refractivity (Wildman–Crippen MR) is 69.0 cm³/mol. The number of nitrogens with one attached hydrogen (secondary N) is 1. The van der Waals surface area contributed by atoms with Gasteiger partial charge in [0.1, 0.15) is 11.6 Å². The highest BCUT2D eigenvalue weighted by atomic mass is 19.4. The first-order chi connectivity index (χ1) is 9.96. The molecule has 2 heterocycles. The molecule has 112 valence electrons. The minimum Gasteiger partial charge on any atom is -0.481 e. The van der Waals surface area contributed by atoms with E-state index in [-0.39, 0.29) is 5.75 Å². The van der Waals surface area contributed by atoms with Crippen LogP contribution in [0.4, 0.5) is 19.0 Å². The van der Waals surface area contributed by atoms with Crippen LogP contribution in [0, 0.1) is 0 Å². The fourth-order valence-corrected chi connectivity index (χ4v) is 1.51. The zero-order chi connectivity index (χ0) is 15.3. The molecule has 1 N–H and O–H groups in total. The number of hydrogen-bond donors (Lipinski definition) is 1. The molecule has 0 bridgehead atoms. The number of methoxy groups -OCH3 is 1. The standard InChI is InChI=1S/C13H12F3N3O2/c1-20-12-5-2-9(7-19-12)6-17-11-4-3-10(8-18-11)21-13(14,15)16/h2-5,7-8H,6H2,1H3,(H,17,18). The molecule has 2 aromatic heterocycles. The molecule has 0 spiro atoms. The van der Waals surface area contributed by atoms with Crippen LogP contribution in [0.1, 0.15) is 5.56 Å². The minimum atomic E-state index is -4.72. The van der Waals surface area contributed by atoms with Crippen molar-refractivity contribution in [3.05, 3.63) is 42.2 Å². The van der Waals surface area contributed by atoms with Gasteiger partial charge in [-0.15, -0.1) is 13.2 Å². The summed E-state index contributed by atoms with van der Waals surface area (Å²) < 4.78 is 44.6. The highest BCUT2D eigenvalue weighted by Crippen LogP contribution is 2.22. The Hall–Kier alpha value is -2.51. The van der Waals surface area contributed by atoms with Crippen molar-refractivity contribution in [3.63, 3.8) is 0 Å². The molecule has 2 rings (SSSR count). The third-order valence-corrected chi connectivity index (χ3v) is 2.45. The number of pyridine rings is 2. The lowest BCUT2D eigenvalue weighted by Crippen LogP contribution is -2.17. The summed E-state index contributed by atoms with van der Waals surface area (Å²) >= 11 is 0. The van der Waals surface area contributed by atoms with Crippen molar-refractivity contribution in [2.24, 2.45) is 0 Å². The molecule has 0 saturated heterocycles. The van der Waals surface area contributed by atoms with Gasteiger partial charge in [0.2, 0.25) is 5.88 Å². The van der Waals surface area contributed by atoms with Gasteiger partial charge in [-0.1, -0.05) is 6.07 Å².